The van der Waals surface area contributed by atoms with Gasteiger partial charge >= 0.3 is 0 Å². The highest BCUT2D eigenvalue weighted by atomic mass is 32.2. The Bertz CT molecular complexity index is 959. The number of hydrogen-bond acceptors (Lipinski definition) is 4. The standard InChI is InChI=1S/C18H17FN2O3S/c1-12-18(13(2)24-20-12)15-5-9-17(10-6-15)21-25(22,23)11-14-3-7-16(19)8-4-14/h3-10,21H,11H2,1-2H3. The van der Waals surface area contributed by atoms with Gasteiger partial charge in [0.05, 0.1) is 11.4 Å². The lowest BCUT2D eigenvalue weighted by Gasteiger charge is -2.09. The third-order valence-corrected chi connectivity index (χ3v) is 5.01. The first-order valence-corrected chi connectivity index (χ1v) is 9.27. The molecule has 0 aliphatic rings. The van der Waals surface area contributed by atoms with Crippen LogP contribution in [0.2, 0.25) is 0 Å². The second kappa shape index (κ2) is 6.68. The topological polar surface area (TPSA) is 72.2 Å². The average Bonchev–Trinajstić information content (AvgIpc) is 2.89. The van der Waals surface area contributed by atoms with Crippen LogP contribution in [0.25, 0.3) is 11.1 Å². The molecular formula is C18H17FN2O3S. The number of hydrogen-bond donors (Lipinski definition) is 1. The quantitative estimate of drug-likeness (QED) is 0.745. The molecule has 0 aliphatic heterocycles. The molecule has 0 saturated carbocycles. The van der Waals surface area contributed by atoms with Gasteiger partial charge in [-0.15, -0.1) is 0 Å². The molecule has 0 unspecified atom stereocenters. The van der Waals surface area contributed by atoms with Crippen LogP contribution in [0.4, 0.5) is 10.1 Å². The third kappa shape index (κ3) is 4.06. The van der Waals surface area contributed by atoms with Gasteiger partial charge in [-0.25, -0.2) is 12.8 Å². The van der Waals surface area contributed by atoms with E-state index in [1.165, 1.54) is 24.3 Å². The monoisotopic (exact) mass is 360 g/mol. The first kappa shape index (κ1) is 17.2. The van der Waals surface area contributed by atoms with Gasteiger partial charge < -0.3 is 4.52 Å². The molecule has 0 atom stereocenters. The van der Waals surface area contributed by atoms with Crippen LogP contribution < -0.4 is 4.72 Å². The minimum absolute atomic E-state index is 0.223. The summed E-state index contributed by atoms with van der Waals surface area (Å²) in [5, 5.41) is 3.91. The molecule has 7 heteroatoms. The molecule has 0 aliphatic carbocycles. The summed E-state index contributed by atoms with van der Waals surface area (Å²) in [5.74, 6) is 0.0879. The summed E-state index contributed by atoms with van der Waals surface area (Å²) in [6.07, 6.45) is 0. The maximum Gasteiger partial charge on any atom is 0.236 e. The van der Waals surface area contributed by atoms with Crippen molar-refractivity contribution in [2.45, 2.75) is 19.6 Å². The summed E-state index contributed by atoms with van der Waals surface area (Å²) in [6.45, 7) is 3.68. The van der Waals surface area contributed by atoms with Gasteiger partial charge in [0.1, 0.15) is 11.6 Å². The van der Waals surface area contributed by atoms with E-state index < -0.39 is 15.8 Å². The van der Waals surface area contributed by atoms with Crippen molar-refractivity contribution in [1.82, 2.24) is 5.16 Å². The molecule has 1 aromatic heterocycles. The number of anilines is 1. The minimum Gasteiger partial charge on any atom is -0.361 e. The SMILES string of the molecule is Cc1noc(C)c1-c1ccc(NS(=O)(=O)Cc2ccc(F)cc2)cc1. The van der Waals surface area contributed by atoms with E-state index in [2.05, 4.69) is 9.88 Å². The summed E-state index contributed by atoms with van der Waals surface area (Å²) < 4.78 is 45.1. The first-order chi connectivity index (χ1) is 11.8. The van der Waals surface area contributed by atoms with Gasteiger partial charge in [-0.1, -0.05) is 29.4 Å². The predicted molar refractivity (Wildman–Crippen MR) is 94.1 cm³/mol. The van der Waals surface area contributed by atoms with Crippen molar-refractivity contribution in [3.8, 4) is 11.1 Å². The maximum absolute atomic E-state index is 12.9. The average molecular weight is 360 g/mol. The lowest BCUT2D eigenvalue weighted by atomic mass is 10.0. The second-order valence-corrected chi connectivity index (χ2v) is 7.49. The summed E-state index contributed by atoms with van der Waals surface area (Å²) in [7, 11) is -3.59. The van der Waals surface area contributed by atoms with Crippen molar-refractivity contribution in [2.24, 2.45) is 0 Å². The molecule has 0 bridgehead atoms. The van der Waals surface area contributed by atoms with E-state index in [-0.39, 0.29) is 5.75 Å². The van der Waals surface area contributed by atoms with Crippen molar-refractivity contribution >= 4 is 15.7 Å². The van der Waals surface area contributed by atoms with Crippen LogP contribution in [0.3, 0.4) is 0 Å². The molecule has 3 rings (SSSR count). The Morgan fingerprint density at radius 1 is 1.04 bits per heavy atom. The maximum atomic E-state index is 12.9. The van der Waals surface area contributed by atoms with Gasteiger partial charge in [0.25, 0.3) is 0 Å². The molecule has 1 heterocycles. The number of nitrogens with one attached hydrogen (secondary N) is 1. The van der Waals surface area contributed by atoms with Crippen molar-refractivity contribution in [3.05, 3.63) is 71.4 Å². The van der Waals surface area contributed by atoms with Gasteiger partial charge in [-0.2, -0.15) is 0 Å². The van der Waals surface area contributed by atoms with Crippen molar-refractivity contribution in [1.29, 1.82) is 0 Å². The molecule has 0 fully saturated rings. The fraction of sp³-hybridized carbons (Fsp3) is 0.167. The lowest BCUT2D eigenvalue weighted by molar-refractivity contribution is 0.393. The van der Waals surface area contributed by atoms with E-state index in [1.54, 1.807) is 12.1 Å². The summed E-state index contributed by atoms with van der Waals surface area (Å²) in [6, 6.07) is 12.4. The number of aromatic nitrogens is 1. The molecule has 130 valence electrons. The predicted octanol–water partition coefficient (Wildman–Crippen LogP) is 4.04. The van der Waals surface area contributed by atoms with Crippen LogP contribution in [0.5, 0.6) is 0 Å². The van der Waals surface area contributed by atoms with E-state index in [0.29, 0.717) is 17.0 Å². The summed E-state index contributed by atoms with van der Waals surface area (Å²) >= 11 is 0. The Hall–Kier alpha value is -2.67. The van der Waals surface area contributed by atoms with Crippen LogP contribution >= 0.6 is 0 Å². The Kier molecular flexibility index (Phi) is 4.59. The number of halogens is 1. The molecule has 5 nitrogen and oxygen atoms in total. The zero-order valence-electron chi connectivity index (χ0n) is 13.8. The van der Waals surface area contributed by atoms with E-state index in [4.69, 9.17) is 4.52 Å². The van der Waals surface area contributed by atoms with Crippen LogP contribution in [0.15, 0.2) is 53.1 Å². The Balaban J connectivity index is 1.75. The Morgan fingerprint density at radius 2 is 1.68 bits per heavy atom. The number of aryl methyl sites for hydroxylation is 2. The number of nitrogens with zero attached hydrogens (tertiary/aromatic N) is 1. The van der Waals surface area contributed by atoms with Crippen molar-refractivity contribution in [3.63, 3.8) is 0 Å². The summed E-state index contributed by atoms with van der Waals surface area (Å²) in [4.78, 5) is 0. The highest BCUT2D eigenvalue weighted by Crippen LogP contribution is 2.28. The zero-order valence-corrected chi connectivity index (χ0v) is 14.6. The smallest absolute Gasteiger partial charge is 0.236 e. The normalized spacial score (nSPS) is 11.5. The van der Waals surface area contributed by atoms with Crippen LogP contribution in [-0.4, -0.2) is 13.6 Å². The lowest BCUT2D eigenvalue weighted by Crippen LogP contribution is -2.15. The van der Waals surface area contributed by atoms with E-state index in [0.717, 1.165) is 16.8 Å². The third-order valence-electron chi connectivity index (χ3n) is 3.75. The molecule has 3 aromatic rings. The van der Waals surface area contributed by atoms with Gasteiger partial charge in [0.2, 0.25) is 10.0 Å². The largest absolute Gasteiger partial charge is 0.361 e. The van der Waals surface area contributed by atoms with Crippen LogP contribution in [0.1, 0.15) is 17.0 Å². The van der Waals surface area contributed by atoms with Crippen molar-refractivity contribution < 1.29 is 17.3 Å². The number of rotatable bonds is 5. The Morgan fingerprint density at radius 3 is 2.24 bits per heavy atom. The van der Waals surface area contributed by atoms with E-state index >= 15 is 0 Å². The molecular weight excluding hydrogens is 343 g/mol. The molecule has 0 amide bonds. The molecule has 1 N–H and O–H groups in total. The summed E-state index contributed by atoms with van der Waals surface area (Å²) in [5.41, 5.74) is 3.56. The van der Waals surface area contributed by atoms with E-state index in [9.17, 15) is 12.8 Å². The zero-order chi connectivity index (χ0) is 18.0. The molecule has 0 saturated heterocycles. The fourth-order valence-electron chi connectivity index (χ4n) is 2.62. The van der Waals surface area contributed by atoms with Gasteiger partial charge in [0, 0.05) is 11.3 Å². The molecule has 0 radical (unpaired) electrons. The van der Waals surface area contributed by atoms with Crippen LogP contribution in [-0.2, 0) is 15.8 Å². The fourth-order valence-corrected chi connectivity index (χ4v) is 3.81. The minimum atomic E-state index is -3.59. The molecule has 0 spiro atoms. The van der Waals surface area contributed by atoms with Crippen molar-refractivity contribution in [2.75, 3.05) is 4.72 Å². The second-order valence-electron chi connectivity index (χ2n) is 5.76. The van der Waals surface area contributed by atoms with Crippen LogP contribution in [0, 0.1) is 19.7 Å². The first-order valence-electron chi connectivity index (χ1n) is 7.62. The number of benzene rings is 2. The highest BCUT2D eigenvalue weighted by Gasteiger charge is 2.14. The molecule has 2 aromatic carbocycles. The van der Waals surface area contributed by atoms with E-state index in [1.807, 2.05) is 26.0 Å². The molecule has 25 heavy (non-hydrogen) atoms. The van der Waals surface area contributed by atoms with Gasteiger partial charge in [-0.05, 0) is 49.2 Å². The Labute approximate surface area is 145 Å². The van der Waals surface area contributed by atoms with Gasteiger partial charge in [0.15, 0.2) is 0 Å². The highest BCUT2D eigenvalue weighted by molar-refractivity contribution is 7.91. The number of sulfonamides is 1. The van der Waals surface area contributed by atoms with Gasteiger partial charge in [-0.3, -0.25) is 4.72 Å².